The van der Waals surface area contributed by atoms with E-state index in [4.69, 9.17) is 4.74 Å². The lowest BCUT2D eigenvalue weighted by atomic mass is 10.2. The average molecular weight is 321 g/mol. The number of hydrogen-bond acceptors (Lipinski definition) is 3. The van der Waals surface area contributed by atoms with Gasteiger partial charge in [0, 0.05) is 18.9 Å². The highest BCUT2D eigenvalue weighted by molar-refractivity contribution is 9.10. The van der Waals surface area contributed by atoms with Crippen molar-refractivity contribution < 1.29 is 4.74 Å². The van der Waals surface area contributed by atoms with E-state index in [9.17, 15) is 0 Å². The monoisotopic (exact) mass is 320 g/mol. The predicted octanol–water partition coefficient (Wildman–Crippen LogP) is 3.19. The fraction of sp³-hybridized carbons (Fsp3) is 0.267. The number of halogens is 1. The molecule has 0 unspecified atom stereocenters. The van der Waals surface area contributed by atoms with Crippen molar-refractivity contribution in [1.82, 2.24) is 10.3 Å². The maximum Gasteiger partial charge on any atom is 0.133 e. The second-order valence-electron chi connectivity index (χ2n) is 4.25. The van der Waals surface area contributed by atoms with E-state index in [0.29, 0.717) is 0 Å². The molecule has 0 bridgehead atoms. The Morgan fingerprint density at radius 1 is 1.16 bits per heavy atom. The minimum Gasteiger partial charge on any atom is -0.496 e. The van der Waals surface area contributed by atoms with Crippen LogP contribution in [0.4, 0.5) is 0 Å². The van der Waals surface area contributed by atoms with Gasteiger partial charge >= 0.3 is 0 Å². The summed E-state index contributed by atoms with van der Waals surface area (Å²) in [6.07, 6.45) is 4.67. The number of benzene rings is 1. The lowest BCUT2D eigenvalue weighted by Crippen LogP contribution is -2.16. The Kier molecular flexibility index (Phi) is 5.36. The summed E-state index contributed by atoms with van der Waals surface area (Å²) >= 11 is 3.49. The first-order chi connectivity index (χ1) is 9.29. The number of nitrogens with zero attached hydrogens (tertiary/aromatic N) is 1. The van der Waals surface area contributed by atoms with E-state index in [1.54, 1.807) is 7.11 Å². The maximum atomic E-state index is 5.21. The van der Waals surface area contributed by atoms with E-state index < -0.39 is 0 Å². The first kappa shape index (κ1) is 14.0. The Labute approximate surface area is 122 Å². The standard InChI is InChI=1S/C15H17BrN2O/c1-19-15-3-2-13(10-14(15)16)11-18-9-6-12-4-7-17-8-5-12/h2-5,7-8,10,18H,6,9,11H2,1H3. The fourth-order valence-corrected chi connectivity index (χ4v) is 2.42. The minimum absolute atomic E-state index is 0.855. The maximum absolute atomic E-state index is 5.21. The van der Waals surface area contributed by atoms with Crippen LogP contribution in [0.25, 0.3) is 0 Å². The Bertz CT molecular complexity index is 517. The van der Waals surface area contributed by atoms with Crippen molar-refractivity contribution in [2.75, 3.05) is 13.7 Å². The lowest BCUT2D eigenvalue weighted by Gasteiger charge is -2.08. The summed E-state index contributed by atoms with van der Waals surface area (Å²) in [5.74, 6) is 0.862. The molecule has 100 valence electrons. The van der Waals surface area contributed by atoms with Gasteiger partial charge in [0.2, 0.25) is 0 Å². The highest BCUT2D eigenvalue weighted by atomic mass is 79.9. The summed E-state index contributed by atoms with van der Waals surface area (Å²) in [4.78, 5) is 4.01. The molecule has 1 aromatic heterocycles. The van der Waals surface area contributed by atoms with E-state index in [1.165, 1.54) is 11.1 Å². The Morgan fingerprint density at radius 3 is 2.63 bits per heavy atom. The van der Waals surface area contributed by atoms with Gasteiger partial charge in [-0.2, -0.15) is 0 Å². The fourth-order valence-electron chi connectivity index (χ4n) is 1.83. The lowest BCUT2D eigenvalue weighted by molar-refractivity contribution is 0.412. The van der Waals surface area contributed by atoms with Gasteiger partial charge in [-0.3, -0.25) is 4.98 Å². The molecule has 19 heavy (non-hydrogen) atoms. The van der Waals surface area contributed by atoms with E-state index in [1.807, 2.05) is 30.6 Å². The molecule has 1 aromatic carbocycles. The third kappa shape index (κ3) is 4.33. The molecule has 0 radical (unpaired) electrons. The highest BCUT2D eigenvalue weighted by Gasteiger charge is 2.01. The molecule has 1 N–H and O–H groups in total. The van der Waals surface area contributed by atoms with E-state index in [0.717, 1.165) is 29.7 Å². The third-order valence-electron chi connectivity index (χ3n) is 2.89. The Morgan fingerprint density at radius 2 is 1.95 bits per heavy atom. The average Bonchev–Trinajstić information content (AvgIpc) is 2.45. The van der Waals surface area contributed by atoms with E-state index in [2.05, 4.69) is 38.4 Å². The van der Waals surface area contributed by atoms with Crippen molar-refractivity contribution in [3.05, 3.63) is 58.3 Å². The quantitative estimate of drug-likeness (QED) is 0.830. The predicted molar refractivity (Wildman–Crippen MR) is 80.3 cm³/mol. The molecule has 0 saturated carbocycles. The van der Waals surface area contributed by atoms with Gasteiger partial charge in [-0.1, -0.05) is 6.07 Å². The van der Waals surface area contributed by atoms with Crippen molar-refractivity contribution >= 4 is 15.9 Å². The number of hydrogen-bond donors (Lipinski definition) is 1. The largest absolute Gasteiger partial charge is 0.496 e. The molecule has 1 heterocycles. The van der Waals surface area contributed by atoms with Crippen molar-refractivity contribution in [3.8, 4) is 5.75 Å². The molecule has 0 amide bonds. The van der Waals surface area contributed by atoms with Crippen molar-refractivity contribution in [2.45, 2.75) is 13.0 Å². The van der Waals surface area contributed by atoms with Crippen LogP contribution in [-0.2, 0) is 13.0 Å². The molecule has 0 fully saturated rings. The molecule has 3 nitrogen and oxygen atoms in total. The van der Waals surface area contributed by atoms with Gasteiger partial charge in [-0.05, 0) is 64.3 Å². The number of aromatic nitrogens is 1. The SMILES string of the molecule is COc1ccc(CNCCc2ccncc2)cc1Br. The zero-order chi connectivity index (χ0) is 13.5. The van der Waals surface area contributed by atoms with Gasteiger partial charge in [0.05, 0.1) is 11.6 Å². The summed E-state index contributed by atoms with van der Waals surface area (Å²) in [6, 6.07) is 10.2. The summed E-state index contributed by atoms with van der Waals surface area (Å²) in [5, 5.41) is 3.43. The van der Waals surface area contributed by atoms with Crippen LogP contribution in [0, 0.1) is 0 Å². The number of methoxy groups -OCH3 is 1. The first-order valence-electron chi connectivity index (χ1n) is 6.21. The van der Waals surface area contributed by atoms with Crippen LogP contribution in [0.15, 0.2) is 47.2 Å². The van der Waals surface area contributed by atoms with Gasteiger partial charge in [0.1, 0.15) is 5.75 Å². The van der Waals surface area contributed by atoms with Crippen molar-refractivity contribution in [1.29, 1.82) is 0 Å². The van der Waals surface area contributed by atoms with Gasteiger partial charge in [0.25, 0.3) is 0 Å². The summed E-state index contributed by atoms with van der Waals surface area (Å²) in [6.45, 7) is 1.81. The summed E-state index contributed by atoms with van der Waals surface area (Å²) < 4.78 is 6.20. The highest BCUT2D eigenvalue weighted by Crippen LogP contribution is 2.25. The van der Waals surface area contributed by atoms with Crippen molar-refractivity contribution in [2.24, 2.45) is 0 Å². The number of ether oxygens (including phenoxy) is 1. The molecular formula is C15H17BrN2O. The zero-order valence-electron chi connectivity index (χ0n) is 10.9. The van der Waals surface area contributed by atoms with Gasteiger partial charge < -0.3 is 10.1 Å². The summed E-state index contributed by atoms with van der Waals surface area (Å²) in [7, 11) is 1.67. The van der Waals surface area contributed by atoms with Crippen LogP contribution in [0.3, 0.4) is 0 Å². The van der Waals surface area contributed by atoms with Gasteiger partial charge in [-0.15, -0.1) is 0 Å². The van der Waals surface area contributed by atoms with Crippen LogP contribution in [-0.4, -0.2) is 18.6 Å². The normalized spacial score (nSPS) is 10.4. The minimum atomic E-state index is 0.855. The topological polar surface area (TPSA) is 34.1 Å². The summed E-state index contributed by atoms with van der Waals surface area (Å²) in [5.41, 5.74) is 2.54. The van der Waals surface area contributed by atoms with E-state index in [-0.39, 0.29) is 0 Å². The van der Waals surface area contributed by atoms with Gasteiger partial charge in [-0.25, -0.2) is 0 Å². The van der Waals surface area contributed by atoms with Crippen LogP contribution in [0.2, 0.25) is 0 Å². The molecule has 0 aliphatic rings. The number of nitrogens with one attached hydrogen (secondary N) is 1. The van der Waals surface area contributed by atoms with E-state index >= 15 is 0 Å². The molecule has 2 rings (SSSR count). The molecule has 2 aromatic rings. The molecule has 0 atom stereocenters. The Hall–Kier alpha value is -1.39. The molecule has 0 spiro atoms. The first-order valence-corrected chi connectivity index (χ1v) is 7.01. The number of rotatable bonds is 6. The van der Waals surface area contributed by atoms with Crippen molar-refractivity contribution in [3.63, 3.8) is 0 Å². The van der Waals surface area contributed by atoms with Crippen LogP contribution >= 0.6 is 15.9 Å². The molecule has 0 aliphatic heterocycles. The second-order valence-corrected chi connectivity index (χ2v) is 5.11. The van der Waals surface area contributed by atoms with Gasteiger partial charge in [0.15, 0.2) is 0 Å². The smallest absolute Gasteiger partial charge is 0.133 e. The van der Waals surface area contributed by atoms with Crippen LogP contribution in [0.1, 0.15) is 11.1 Å². The zero-order valence-corrected chi connectivity index (χ0v) is 12.5. The van der Waals surface area contributed by atoms with Crippen LogP contribution in [0.5, 0.6) is 5.75 Å². The van der Waals surface area contributed by atoms with Crippen LogP contribution < -0.4 is 10.1 Å². The molecule has 0 saturated heterocycles. The molecule has 4 heteroatoms. The third-order valence-corrected chi connectivity index (χ3v) is 3.50. The Balaban J connectivity index is 1.78. The molecule has 0 aliphatic carbocycles. The number of pyridine rings is 1. The molecular weight excluding hydrogens is 304 g/mol. The second kappa shape index (κ2) is 7.26.